The van der Waals surface area contributed by atoms with Gasteiger partial charge in [0, 0.05) is 24.5 Å². The van der Waals surface area contributed by atoms with Crippen LogP contribution in [-0.2, 0) is 0 Å². The highest BCUT2D eigenvalue weighted by molar-refractivity contribution is 9.10. The number of piperidine rings is 1. The molecule has 158 valence electrons. The van der Waals surface area contributed by atoms with Crippen molar-refractivity contribution in [2.45, 2.75) is 44.2 Å². The summed E-state index contributed by atoms with van der Waals surface area (Å²) in [5.74, 6) is 0.000746. The molecule has 2 fully saturated rings. The molecular formula is C20H25BrClFN4O2. The van der Waals surface area contributed by atoms with E-state index in [1.54, 1.807) is 13.0 Å². The maximum atomic E-state index is 15.0. The van der Waals surface area contributed by atoms with Gasteiger partial charge in [0.25, 0.3) is 0 Å². The molecule has 1 unspecified atom stereocenters. The molecule has 9 heteroatoms. The second-order valence-electron chi connectivity index (χ2n) is 8.32. The standard InChI is InChI=1S/C20H25BrClFN4O2/c1-20(28)6-4-8-27(11-20)18-13-9-14(22)15(21)16(23)17(13)24-19(25-18)29-10-12-5-3-7-26(12)2/h9,12,28H,3-8,10-11H2,1-2H3/t12-,20?/m0/s1. The van der Waals surface area contributed by atoms with E-state index in [-0.39, 0.29) is 21.0 Å². The number of hydrogen-bond acceptors (Lipinski definition) is 6. The Balaban J connectivity index is 1.74. The van der Waals surface area contributed by atoms with Gasteiger partial charge in [0.05, 0.1) is 15.1 Å². The Labute approximate surface area is 183 Å². The van der Waals surface area contributed by atoms with Crippen LogP contribution in [0.3, 0.4) is 0 Å². The summed E-state index contributed by atoms with van der Waals surface area (Å²) < 4.78 is 21.1. The predicted molar refractivity (Wildman–Crippen MR) is 115 cm³/mol. The van der Waals surface area contributed by atoms with Crippen molar-refractivity contribution in [2.24, 2.45) is 0 Å². The van der Waals surface area contributed by atoms with Crippen LogP contribution >= 0.6 is 27.5 Å². The fourth-order valence-electron chi connectivity index (χ4n) is 4.20. The average Bonchev–Trinajstić information content (AvgIpc) is 3.08. The fourth-order valence-corrected chi connectivity index (χ4v) is 4.70. The molecule has 0 saturated carbocycles. The van der Waals surface area contributed by atoms with E-state index >= 15 is 0 Å². The quantitative estimate of drug-likeness (QED) is 0.658. The number of anilines is 1. The number of rotatable bonds is 4. The molecule has 2 saturated heterocycles. The first-order valence-electron chi connectivity index (χ1n) is 9.91. The molecule has 0 aliphatic carbocycles. The minimum atomic E-state index is -0.833. The summed E-state index contributed by atoms with van der Waals surface area (Å²) in [6, 6.07) is 2.11. The largest absolute Gasteiger partial charge is 0.462 e. The Bertz CT molecular complexity index is 929. The second kappa shape index (κ2) is 8.13. The van der Waals surface area contributed by atoms with Crippen molar-refractivity contribution in [2.75, 3.05) is 38.2 Å². The number of hydrogen-bond donors (Lipinski definition) is 1. The number of fused-ring (bicyclic) bond motifs is 1. The first kappa shape index (κ1) is 21.0. The van der Waals surface area contributed by atoms with Crippen LogP contribution in [0.25, 0.3) is 10.9 Å². The van der Waals surface area contributed by atoms with E-state index in [1.165, 1.54) is 0 Å². The van der Waals surface area contributed by atoms with E-state index in [0.29, 0.717) is 43.4 Å². The topological polar surface area (TPSA) is 61.7 Å². The zero-order chi connectivity index (χ0) is 20.8. The lowest BCUT2D eigenvalue weighted by atomic mass is 9.95. The summed E-state index contributed by atoms with van der Waals surface area (Å²) in [5.41, 5.74) is -0.674. The summed E-state index contributed by atoms with van der Waals surface area (Å²) in [6.07, 6.45) is 3.72. The number of β-amino-alcohol motifs (C(OH)–C–C–N with tert-alkyl or cyclic N) is 1. The molecule has 3 heterocycles. The van der Waals surface area contributed by atoms with Crippen molar-refractivity contribution in [3.63, 3.8) is 0 Å². The lowest BCUT2D eigenvalue weighted by Gasteiger charge is -2.38. The molecule has 4 rings (SSSR count). The number of ether oxygens (including phenoxy) is 1. The minimum absolute atomic E-state index is 0.145. The third-order valence-corrected chi connectivity index (χ3v) is 7.14. The van der Waals surface area contributed by atoms with Gasteiger partial charge in [0.2, 0.25) is 0 Å². The van der Waals surface area contributed by atoms with Crippen molar-refractivity contribution < 1.29 is 14.2 Å². The van der Waals surface area contributed by atoms with Gasteiger partial charge in [-0.15, -0.1) is 0 Å². The van der Waals surface area contributed by atoms with E-state index in [9.17, 15) is 9.50 Å². The van der Waals surface area contributed by atoms with Crippen LogP contribution in [0.5, 0.6) is 6.01 Å². The summed E-state index contributed by atoms with van der Waals surface area (Å²) in [7, 11) is 2.07. The summed E-state index contributed by atoms with van der Waals surface area (Å²) in [4.78, 5) is 13.2. The van der Waals surface area contributed by atoms with Crippen molar-refractivity contribution in [1.29, 1.82) is 0 Å². The Kier molecular flexibility index (Phi) is 5.90. The van der Waals surface area contributed by atoms with E-state index in [4.69, 9.17) is 16.3 Å². The SMILES string of the molecule is CN1CCC[C@H]1COc1nc(N2CCCC(C)(O)C2)c2cc(Cl)c(Br)c(F)c2n1. The second-order valence-corrected chi connectivity index (χ2v) is 9.52. The number of nitrogens with zero attached hydrogens (tertiary/aromatic N) is 4. The summed E-state index contributed by atoms with van der Waals surface area (Å²) in [6.45, 7) is 4.41. The lowest BCUT2D eigenvalue weighted by Crippen LogP contribution is -2.46. The molecule has 1 aromatic carbocycles. The van der Waals surface area contributed by atoms with E-state index in [1.807, 2.05) is 4.90 Å². The highest BCUT2D eigenvalue weighted by Crippen LogP contribution is 2.37. The first-order chi connectivity index (χ1) is 13.7. The van der Waals surface area contributed by atoms with E-state index in [0.717, 1.165) is 25.8 Å². The van der Waals surface area contributed by atoms with Gasteiger partial charge < -0.3 is 19.6 Å². The highest BCUT2D eigenvalue weighted by Gasteiger charge is 2.31. The van der Waals surface area contributed by atoms with Crippen molar-refractivity contribution in [1.82, 2.24) is 14.9 Å². The van der Waals surface area contributed by atoms with Gasteiger partial charge in [0.1, 0.15) is 17.9 Å². The molecule has 6 nitrogen and oxygen atoms in total. The van der Waals surface area contributed by atoms with Gasteiger partial charge in [-0.1, -0.05) is 11.6 Å². The maximum Gasteiger partial charge on any atom is 0.319 e. The molecule has 2 atom stereocenters. The van der Waals surface area contributed by atoms with Crippen molar-refractivity contribution in [3.05, 3.63) is 21.4 Å². The minimum Gasteiger partial charge on any atom is -0.462 e. The van der Waals surface area contributed by atoms with Crippen LogP contribution in [0, 0.1) is 5.82 Å². The van der Waals surface area contributed by atoms with Crippen LogP contribution in [-0.4, -0.2) is 64.9 Å². The number of likely N-dealkylation sites (N-methyl/N-ethyl adjacent to an activating group) is 1. The third kappa shape index (κ3) is 4.31. The summed E-state index contributed by atoms with van der Waals surface area (Å²) >= 11 is 9.41. The molecule has 2 aromatic rings. The molecule has 2 aliphatic heterocycles. The molecule has 1 aromatic heterocycles. The highest BCUT2D eigenvalue weighted by atomic mass is 79.9. The van der Waals surface area contributed by atoms with E-state index < -0.39 is 11.4 Å². The van der Waals surface area contributed by atoms with Crippen molar-refractivity contribution in [3.8, 4) is 6.01 Å². The molecule has 0 amide bonds. The molecule has 0 bridgehead atoms. The molecule has 1 N–H and O–H groups in total. The van der Waals surface area contributed by atoms with Gasteiger partial charge in [-0.3, -0.25) is 0 Å². The average molecular weight is 488 g/mol. The first-order valence-corrected chi connectivity index (χ1v) is 11.1. The number of aromatic nitrogens is 2. The Morgan fingerprint density at radius 3 is 2.86 bits per heavy atom. The Hall–Kier alpha value is -1.22. The lowest BCUT2D eigenvalue weighted by molar-refractivity contribution is 0.0447. The number of benzene rings is 1. The van der Waals surface area contributed by atoms with Crippen LogP contribution in [0.1, 0.15) is 32.6 Å². The zero-order valence-corrected chi connectivity index (χ0v) is 18.9. The number of halogens is 3. The fraction of sp³-hybridized carbons (Fsp3) is 0.600. The van der Waals surface area contributed by atoms with Gasteiger partial charge in [0.15, 0.2) is 5.82 Å². The molecule has 29 heavy (non-hydrogen) atoms. The maximum absolute atomic E-state index is 15.0. The van der Waals surface area contributed by atoms with Gasteiger partial charge in [-0.05, 0) is 68.2 Å². The number of aliphatic hydroxyl groups is 1. The molecular weight excluding hydrogens is 463 g/mol. The van der Waals surface area contributed by atoms with Gasteiger partial charge in [-0.25, -0.2) is 4.39 Å². The Morgan fingerprint density at radius 1 is 1.38 bits per heavy atom. The molecule has 0 spiro atoms. The van der Waals surface area contributed by atoms with Gasteiger partial charge in [-0.2, -0.15) is 9.97 Å². The normalized spacial score (nSPS) is 25.7. The van der Waals surface area contributed by atoms with Crippen LogP contribution in [0.2, 0.25) is 5.02 Å². The van der Waals surface area contributed by atoms with Crippen LogP contribution in [0.4, 0.5) is 10.2 Å². The molecule has 2 aliphatic rings. The number of likely N-dealkylation sites (tertiary alicyclic amines) is 1. The third-order valence-electron chi connectivity index (χ3n) is 5.84. The summed E-state index contributed by atoms with van der Waals surface area (Å²) in [5, 5.41) is 11.3. The zero-order valence-electron chi connectivity index (χ0n) is 16.6. The molecule has 0 radical (unpaired) electrons. The predicted octanol–water partition coefficient (Wildman–Crippen LogP) is 4.01. The van der Waals surface area contributed by atoms with Crippen LogP contribution < -0.4 is 9.64 Å². The van der Waals surface area contributed by atoms with E-state index in [2.05, 4.69) is 37.8 Å². The Morgan fingerprint density at radius 2 is 2.17 bits per heavy atom. The van der Waals surface area contributed by atoms with Crippen molar-refractivity contribution >= 4 is 44.3 Å². The monoisotopic (exact) mass is 486 g/mol. The van der Waals surface area contributed by atoms with Gasteiger partial charge >= 0.3 is 6.01 Å². The van der Waals surface area contributed by atoms with Crippen LogP contribution in [0.15, 0.2) is 10.5 Å². The smallest absolute Gasteiger partial charge is 0.319 e.